The Hall–Kier alpha value is -2.20. The van der Waals surface area contributed by atoms with Gasteiger partial charge in [0, 0.05) is 11.1 Å². The van der Waals surface area contributed by atoms with Crippen LogP contribution in [0.1, 0.15) is 36.7 Å². The van der Waals surface area contributed by atoms with Crippen LogP contribution in [0.3, 0.4) is 0 Å². The number of para-hydroxylation sites is 1. The fourth-order valence-electron chi connectivity index (χ4n) is 3.06. The van der Waals surface area contributed by atoms with Crippen LogP contribution in [-0.4, -0.2) is 17.1 Å². The van der Waals surface area contributed by atoms with Gasteiger partial charge in [0.05, 0.1) is 27.7 Å². The number of benzene rings is 2. The Labute approximate surface area is 144 Å². The highest BCUT2D eigenvalue weighted by Crippen LogP contribution is 2.45. The first-order valence-corrected chi connectivity index (χ1v) is 8.95. The molecule has 1 aliphatic heterocycles. The van der Waals surface area contributed by atoms with Gasteiger partial charge >= 0.3 is 0 Å². The van der Waals surface area contributed by atoms with Crippen LogP contribution in [-0.2, 0) is 10.8 Å². The number of rotatable bonds is 2. The monoisotopic (exact) mass is 340 g/mol. The minimum Gasteiger partial charge on any atom is -0.496 e. The van der Waals surface area contributed by atoms with Gasteiger partial charge < -0.3 is 4.74 Å². The number of ether oxygens (including phenoxy) is 1. The van der Waals surface area contributed by atoms with Gasteiger partial charge in [-0.2, -0.15) is 0 Å². The van der Waals surface area contributed by atoms with E-state index in [4.69, 9.17) is 4.74 Å². The summed E-state index contributed by atoms with van der Waals surface area (Å²) < 4.78 is 18.5. The highest BCUT2D eigenvalue weighted by molar-refractivity contribution is 7.91. The van der Waals surface area contributed by atoms with E-state index in [9.17, 15) is 9.00 Å². The molecule has 3 rings (SSSR count). The average Bonchev–Trinajstić information content (AvgIpc) is 2.80. The summed E-state index contributed by atoms with van der Waals surface area (Å²) in [6, 6.07) is 14.7. The summed E-state index contributed by atoms with van der Waals surface area (Å²) in [6.07, 6.45) is 0. The van der Waals surface area contributed by atoms with Gasteiger partial charge in [-0.1, -0.05) is 51.1 Å². The van der Waals surface area contributed by atoms with Gasteiger partial charge in [-0.3, -0.25) is 4.79 Å². The second kappa shape index (κ2) is 6.02. The zero-order valence-electron chi connectivity index (χ0n) is 14.3. The second-order valence-corrected chi connectivity index (χ2v) is 8.13. The van der Waals surface area contributed by atoms with Crippen molar-refractivity contribution in [1.82, 2.24) is 0 Å². The molecule has 0 saturated carbocycles. The highest BCUT2D eigenvalue weighted by atomic mass is 32.2. The van der Waals surface area contributed by atoms with Crippen LogP contribution in [0.15, 0.2) is 58.3 Å². The Kier molecular flexibility index (Phi) is 4.18. The predicted molar refractivity (Wildman–Crippen MR) is 96.5 cm³/mol. The summed E-state index contributed by atoms with van der Waals surface area (Å²) in [4.78, 5) is 13.9. The van der Waals surface area contributed by atoms with Crippen molar-refractivity contribution in [3.63, 3.8) is 0 Å². The zero-order chi connectivity index (χ0) is 17.5. The van der Waals surface area contributed by atoms with Crippen LogP contribution in [0, 0.1) is 5.41 Å². The summed E-state index contributed by atoms with van der Waals surface area (Å²) in [6.45, 7) is 6.07. The number of fused-ring (bicyclic) bond motifs is 1. The smallest absolute Gasteiger partial charge is 0.203 e. The molecule has 1 aliphatic rings. The van der Waals surface area contributed by atoms with E-state index in [2.05, 4.69) is 0 Å². The molecule has 0 saturated heterocycles. The maximum absolute atomic E-state index is 13.1. The van der Waals surface area contributed by atoms with Crippen molar-refractivity contribution in [3.8, 4) is 5.75 Å². The Balaban J connectivity index is 2.35. The highest BCUT2D eigenvalue weighted by Gasteiger charge is 2.38. The van der Waals surface area contributed by atoms with Crippen molar-refractivity contribution in [2.45, 2.75) is 25.7 Å². The maximum Gasteiger partial charge on any atom is 0.203 e. The number of methoxy groups -OCH3 is 1. The molecule has 0 fully saturated rings. The molecular formula is C20H20O3S. The topological polar surface area (TPSA) is 43.4 Å². The van der Waals surface area contributed by atoms with Crippen LogP contribution in [0.5, 0.6) is 5.75 Å². The van der Waals surface area contributed by atoms with Gasteiger partial charge in [-0.15, -0.1) is 0 Å². The standard InChI is InChI=1S/C20H20O3S/c1-20(2,3)17(13-9-5-7-11-15(13)23-4)19-18(21)14-10-6-8-12-16(14)24(19)22/h5-12H,1-4H3/b19-17-/t24-/m1/s1. The molecule has 124 valence electrons. The minimum atomic E-state index is -1.48. The summed E-state index contributed by atoms with van der Waals surface area (Å²) in [7, 11) is 0.125. The molecule has 24 heavy (non-hydrogen) atoms. The van der Waals surface area contributed by atoms with Gasteiger partial charge in [-0.05, 0) is 29.2 Å². The van der Waals surface area contributed by atoms with E-state index in [0.717, 1.165) is 11.1 Å². The van der Waals surface area contributed by atoms with Crippen molar-refractivity contribution in [2.24, 2.45) is 5.41 Å². The quantitative estimate of drug-likeness (QED) is 0.758. The first-order chi connectivity index (χ1) is 11.4. The SMILES string of the molecule is COc1ccccc1/C(=C1\C(=O)c2ccccc2[S@]1=O)C(C)(C)C. The molecule has 0 N–H and O–H groups in total. The van der Waals surface area contributed by atoms with Crippen molar-refractivity contribution in [3.05, 3.63) is 64.6 Å². The Morgan fingerprint density at radius 1 is 1.00 bits per heavy atom. The first-order valence-electron chi connectivity index (χ1n) is 7.80. The number of ketones is 1. The fourth-order valence-corrected chi connectivity index (χ4v) is 4.72. The van der Waals surface area contributed by atoms with Crippen LogP contribution < -0.4 is 4.74 Å². The lowest BCUT2D eigenvalue weighted by atomic mass is 9.80. The molecule has 3 nitrogen and oxygen atoms in total. The Morgan fingerprint density at radius 2 is 1.62 bits per heavy atom. The van der Waals surface area contributed by atoms with Crippen molar-refractivity contribution < 1.29 is 13.7 Å². The summed E-state index contributed by atoms with van der Waals surface area (Å²) in [5.74, 6) is 0.524. The van der Waals surface area contributed by atoms with Crippen LogP contribution in [0.4, 0.5) is 0 Å². The molecule has 2 aromatic carbocycles. The van der Waals surface area contributed by atoms with E-state index in [0.29, 0.717) is 21.1 Å². The number of Topliss-reactive ketones (excluding diaryl/α,β-unsaturated/α-hetero) is 1. The molecular weight excluding hydrogens is 320 g/mol. The fraction of sp³-hybridized carbons (Fsp3) is 0.250. The van der Waals surface area contributed by atoms with E-state index in [-0.39, 0.29) is 11.2 Å². The molecule has 1 heterocycles. The van der Waals surface area contributed by atoms with Crippen molar-refractivity contribution in [1.29, 1.82) is 0 Å². The lowest BCUT2D eigenvalue weighted by molar-refractivity contribution is 0.104. The number of carbonyl (C=O) groups is 1. The molecule has 2 aromatic rings. The van der Waals surface area contributed by atoms with Gasteiger partial charge in [-0.25, -0.2) is 4.21 Å². The van der Waals surface area contributed by atoms with Gasteiger partial charge in [0.15, 0.2) is 0 Å². The summed E-state index contributed by atoms with van der Waals surface area (Å²) >= 11 is 0. The number of hydrogen-bond donors (Lipinski definition) is 0. The number of carbonyl (C=O) groups excluding carboxylic acids is 1. The van der Waals surface area contributed by atoms with Crippen molar-refractivity contribution >= 4 is 22.2 Å². The first kappa shape index (κ1) is 16.7. The summed E-state index contributed by atoms with van der Waals surface area (Å²) in [5.41, 5.74) is 1.76. The van der Waals surface area contributed by atoms with E-state index in [1.54, 1.807) is 25.3 Å². The van der Waals surface area contributed by atoms with Gasteiger partial charge in [0.2, 0.25) is 5.78 Å². The minimum absolute atomic E-state index is 0.153. The molecule has 0 aliphatic carbocycles. The third-order valence-electron chi connectivity index (χ3n) is 4.08. The van der Waals surface area contributed by atoms with Gasteiger partial charge in [0.1, 0.15) is 5.75 Å². The molecule has 0 spiro atoms. The van der Waals surface area contributed by atoms with E-state index < -0.39 is 10.8 Å². The largest absolute Gasteiger partial charge is 0.496 e. The van der Waals surface area contributed by atoms with Crippen LogP contribution >= 0.6 is 0 Å². The number of hydrogen-bond acceptors (Lipinski definition) is 3. The Morgan fingerprint density at radius 3 is 2.25 bits per heavy atom. The molecule has 0 radical (unpaired) electrons. The van der Waals surface area contributed by atoms with Crippen molar-refractivity contribution in [2.75, 3.05) is 7.11 Å². The Bertz CT molecular complexity index is 835. The normalized spacial score (nSPS) is 19.2. The van der Waals surface area contributed by atoms with E-state index in [1.807, 2.05) is 51.1 Å². The molecule has 0 unspecified atom stereocenters. The summed E-state index contributed by atoms with van der Waals surface area (Å²) in [5, 5.41) is 0. The third kappa shape index (κ3) is 2.61. The number of allylic oxidation sites excluding steroid dienone is 2. The second-order valence-electron chi connectivity index (χ2n) is 6.75. The van der Waals surface area contributed by atoms with Crippen LogP contribution in [0.25, 0.3) is 5.57 Å². The van der Waals surface area contributed by atoms with Gasteiger partial charge in [0.25, 0.3) is 0 Å². The third-order valence-corrected chi connectivity index (χ3v) is 5.59. The zero-order valence-corrected chi connectivity index (χ0v) is 15.1. The molecule has 0 aromatic heterocycles. The predicted octanol–water partition coefficient (Wildman–Crippen LogP) is 4.46. The van der Waals surface area contributed by atoms with Crippen LogP contribution in [0.2, 0.25) is 0 Å². The lowest BCUT2D eigenvalue weighted by Crippen LogP contribution is -2.15. The average molecular weight is 340 g/mol. The molecule has 4 heteroatoms. The molecule has 1 atom stereocenters. The molecule has 0 bridgehead atoms. The maximum atomic E-state index is 13.1. The lowest BCUT2D eigenvalue weighted by Gasteiger charge is -2.26. The van der Waals surface area contributed by atoms with E-state index in [1.165, 1.54) is 0 Å². The van der Waals surface area contributed by atoms with E-state index >= 15 is 0 Å². The molecule has 0 amide bonds.